The number of hydrogen-bond acceptors (Lipinski definition) is 4. The Morgan fingerprint density at radius 3 is 2.74 bits per heavy atom. The van der Waals surface area contributed by atoms with E-state index in [2.05, 4.69) is 30.2 Å². The third-order valence-electron chi connectivity index (χ3n) is 3.31. The van der Waals surface area contributed by atoms with Crippen molar-refractivity contribution in [2.75, 3.05) is 20.3 Å². The van der Waals surface area contributed by atoms with E-state index in [-0.39, 0.29) is 6.10 Å². The SMILES string of the molecule is CNCc1cc(OC2CCOCC2)nc(C(C)C)c1. The molecule has 1 aliphatic rings. The lowest BCUT2D eigenvalue weighted by atomic mass is 10.1. The van der Waals surface area contributed by atoms with Crippen molar-refractivity contribution in [3.63, 3.8) is 0 Å². The first kappa shape index (κ1) is 14.3. The Morgan fingerprint density at radius 1 is 1.37 bits per heavy atom. The Balaban J connectivity index is 2.12. The molecular weight excluding hydrogens is 240 g/mol. The van der Waals surface area contributed by atoms with Gasteiger partial charge in [-0.15, -0.1) is 0 Å². The molecule has 0 bridgehead atoms. The number of pyridine rings is 1. The van der Waals surface area contributed by atoms with Gasteiger partial charge in [0.05, 0.1) is 13.2 Å². The van der Waals surface area contributed by atoms with Crippen LogP contribution in [0.1, 0.15) is 43.9 Å². The maximum absolute atomic E-state index is 6.01. The lowest BCUT2D eigenvalue weighted by Gasteiger charge is -2.23. The second kappa shape index (κ2) is 6.87. The molecule has 0 spiro atoms. The van der Waals surface area contributed by atoms with Crippen LogP contribution in [0.25, 0.3) is 0 Å². The average molecular weight is 264 g/mol. The molecule has 2 heterocycles. The minimum atomic E-state index is 0.242. The number of ether oxygens (including phenoxy) is 2. The maximum Gasteiger partial charge on any atom is 0.214 e. The van der Waals surface area contributed by atoms with Crippen molar-refractivity contribution < 1.29 is 9.47 Å². The van der Waals surface area contributed by atoms with Gasteiger partial charge in [-0.1, -0.05) is 13.8 Å². The summed E-state index contributed by atoms with van der Waals surface area (Å²) in [6.45, 7) is 6.73. The highest BCUT2D eigenvalue weighted by molar-refractivity contribution is 5.26. The Kier molecular flexibility index (Phi) is 5.16. The molecule has 2 rings (SSSR count). The minimum absolute atomic E-state index is 0.242. The molecule has 0 radical (unpaired) electrons. The van der Waals surface area contributed by atoms with Gasteiger partial charge in [0, 0.05) is 31.1 Å². The summed E-state index contributed by atoms with van der Waals surface area (Å²) in [5, 5.41) is 3.18. The molecule has 1 fully saturated rings. The van der Waals surface area contributed by atoms with Gasteiger partial charge >= 0.3 is 0 Å². The van der Waals surface area contributed by atoms with Gasteiger partial charge in [-0.2, -0.15) is 0 Å². The summed E-state index contributed by atoms with van der Waals surface area (Å²) in [7, 11) is 1.95. The van der Waals surface area contributed by atoms with Crippen molar-refractivity contribution in [1.29, 1.82) is 0 Å². The van der Waals surface area contributed by atoms with Gasteiger partial charge in [0.1, 0.15) is 6.10 Å². The highest BCUT2D eigenvalue weighted by Gasteiger charge is 2.17. The summed E-state index contributed by atoms with van der Waals surface area (Å²) in [4.78, 5) is 4.62. The Labute approximate surface area is 115 Å². The van der Waals surface area contributed by atoms with Crippen molar-refractivity contribution >= 4 is 0 Å². The predicted molar refractivity (Wildman–Crippen MR) is 75.6 cm³/mol. The molecular formula is C15H24N2O2. The summed E-state index contributed by atoms with van der Waals surface area (Å²) in [5.74, 6) is 1.16. The fraction of sp³-hybridized carbons (Fsp3) is 0.667. The molecule has 0 aliphatic carbocycles. The molecule has 1 aliphatic heterocycles. The monoisotopic (exact) mass is 264 g/mol. The summed E-state index contributed by atoms with van der Waals surface area (Å²) in [6.07, 6.45) is 2.15. The molecule has 1 saturated heterocycles. The summed E-state index contributed by atoms with van der Waals surface area (Å²) in [5.41, 5.74) is 2.32. The van der Waals surface area contributed by atoms with Gasteiger partial charge in [-0.05, 0) is 24.6 Å². The Hall–Kier alpha value is -1.13. The van der Waals surface area contributed by atoms with Gasteiger partial charge in [-0.25, -0.2) is 4.98 Å². The number of rotatable bonds is 5. The molecule has 106 valence electrons. The van der Waals surface area contributed by atoms with Crippen LogP contribution in [0.2, 0.25) is 0 Å². The van der Waals surface area contributed by atoms with Crippen molar-refractivity contribution in [2.45, 2.75) is 45.3 Å². The molecule has 4 nitrogen and oxygen atoms in total. The van der Waals surface area contributed by atoms with Gasteiger partial charge in [0.25, 0.3) is 0 Å². The molecule has 0 amide bonds. The van der Waals surface area contributed by atoms with Crippen LogP contribution in [0.15, 0.2) is 12.1 Å². The van der Waals surface area contributed by atoms with E-state index in [0.717, 1.165) is 44.2 Å². The molecule has 0 saturated carbocycles. The standard InChI is InChI=1S/C15H24N2O2/c1-11(2)14-8-12(10-16-3)9-15(17-14)19-13-4-6-18-7-5-13/h8-9,11,13,16H,4-7,10H2,1-3H3. The van der Waals surface area contributed by atoms with E-state index in [9.17, 15) is 0 Å². The van der Waals surface area contributed by atoms with E-state index in [1.54, 1.807) is 0 Å². The fourth-order valence-electron chi connectivity index (χ4n) is 2.21. The van der Waals surface area contributed by atoms with Crippen molar-refractivity contribution in [1.82, 2.24) is 10.3 Å². The first-order chi connectivity index (χ1) is 9.19. The molecule has 19 heavy (non-hydrogen) atoms. The molecule has 4 heteroatoms. The second-order valence-electron chi connectivity index (χ2n) is 5.35. The number of nitrogens with one attached hydrogen (secondary N) is 1. The highest BCUT2D eigenvalue weighted by Crippen LogP contribution is 2.22. The average Bonchev–Trinajstić information content (AvgIpc) is 2.40. The lowest BCUT2D eigenvalue weighted by Crippen LogP contribution is -2.26. The van der Waals surface area contributed by atoms with Gasteiger partial charge in [-0.3, -0.25) is 0 Å². The first-order valence-electron chi connectivity index (χ1n) is 7.09. The van der Waals surface area contributed by atoms with Crippen LogP contribution >= 0.6 is 0 Å². The van der Waals surface area contributed by atoms with E-state index < -0.39 is 0 Å². The zero-order valence-electron chi connectivity index (χ0n) is 12.1. The normalized spacial score (nSPS) is 16.8. The Morgan fingerprint density at radius 2 is 2.11 bits per heavy atom. The molecule has 1 N–H and O–H groups in total. The summed E-state index contributed by atoms with van der Waals surface area (Å²) < 4.78 is 11.4. The van der Waals surface area contributed by atoms with Crippen LogP contribution in [0.4, 0.5) is 0 Å². The van der Waals surface area contributed by atoms with E-state index >= 15 is 0 Å². The van der Waals surface area contributed by atoms with Crippen LogP contribution in [0, 0.1) is 0 Å². The van der Waals surface area contributed by atoms with E-state index in [4.69, 9.17) is 9.47 Å². The molecule has 1 aromatic heterocycles. The lowest BCUT2D eigenvalue weighted by molar-refractivity contribution is 0.0236. The van der Waals surface area contributed by atoms with Crippen molar-refractivity contribution in [2.24, 2.45) is 0 Å². The zero-order chi connectivity index (χ0) is 13.7. The van der Waals surface area contributed by atoms with Crippen LogP contribution in [0.3, 0.4) is 0 Å². The van der Waals surface area contributed by atoms with Crippen LogP contribution in [-0.4, -0.2) is 31.3 Å². The van der Waals surface area contributed by atoms with E-state index in [1.807, 2.05) is 13.1 Å². The molecule has 1 aromatic rings. The number of hydrogen-bond donors (Lipinski definition) is 1. The third kappa shape index (κ3) is 4.18. The van der Waals surface area contributed by atoms with E-state index in [0.29, 0.717) is 5.92 Å². The second-order valence-corrected chi connectivity index (χ2v) is 5.35. The van der Waals surface area contributed by atoms with Crippen LogP contribution < -0.4 is 10.1 Å². The Bertz CT molecular complexity index is 401. The smallest absolute Gasteiger partial charge is 0.214 e. The predicted octanol–water partition coefficient (Wildman–Crippen LogP) is 2.48. The first-order valence-corrected chi connectivity index (χ1v) is 7.09. The van der Waals surface area contributed by atoms with Crippen molar-refractivity contribution in [3.8, 4) is 5.88 Å². The van der Waals surface area contributed by atoms with E-state index in [1.165, 1.54) is 5.56 Å². The molecule has 0 atom stereocenters. The van der Waals surface area contributed by atoms with Gasteiger partial charge in [0.2, 0.25) is 5.88 Å². The quantitative estimate of drug-likeness (QED) is 0.887. The van der Waals surface area contributed by atoms with Crippen LogP contribution in [0.5, 0.6) is 5.88 Å². The minimum Gasteiger partial charge on any atom is -0.474 e. The van der Waals surface area contributed by atoms with Gasteiger partial charge in [0.15, 0.2) is 0 Å². The molecule has 0 aromatic carbocycles. The van der Waals surface area contributed by atoms with Gasteiger partial charge < -0.3 is 14.8 Å². The topological polar surface area (TPSA) is 43.4 Å². The largest absolute Gasteiger partial charge is 0.474 e. The summed E-state index contributed by atoms with van der Waals surface area (Å²) in [6, 6.07) is 4.19. The van der Waals surface area contributed by atoms with Crippen molar-refractivity contribution in [3.05, 3.63) is 23.4 Å². The summed E-state index contributed by atoms with van der Waals surface area (Å²) >= 11 is 0. The fourth-order valence-corrected chi connectivity index (χ4v) is 2.21. The maximum atomic E-state index is 6.01. The molecule has 0 unspecified atom stereocenters. The number of nitrogens with zero attached hydrogens (tertiary/aromatic N) is 1. The highest BCUT2D eigenvalue weighted by atomic mass is 16.5. The third-order valence-corrected chi connectivity index (χ3v) is 3.31. The van der Waals surface area contributed by atoms with Crippen LogP contribution in [-0.2, 0) is 11.3 Å². The number of aromatic nitrogens is 1. The zero-order valence-corrected chi connectivity index (χ0v) is 12.1.